The molecule has 1 aliphatic rings. The second kappa shape index (κ2) is 7.95. The SMILES string of the molecule is CC(C)(O)c1cc2nn(C3CCC(C=O)CC3)cc2cc1NC(=O)c1ccncn1. The maximum atomic E-state index is 12.6. The first-order valence-electron chi connectivity index (χ1n) is 10.1. The number of amides is 1. The molecule has 1 saturated carbocycles. The number of benzene rings is 1. The molecule has 0 unspecified atom stereocenters. The quantitative estimate of drug-likeness (QED) is 0.628. The van der Waals surface area contributed by atoms with E-state index in [1.165, 1.54) is 18.6 Å². The number of anilines is 1. The summed E-state index contributed by atoms with van der Waals surface area (Å²) in [4.78, 5) is 31.4. The minimum atomic E-state index is -1.17. The van der Waals surface area contributed by atoms with Crippen molar-refractivity contribution in [1.29, 1.82) is 0 Å². The van der Waals surface area contributed by atoms with E-state index in [-0.39, 0.29) is 23.6 Å². The molecule has 2 N–H and O–H groups in total. The Morgan fingerprint density at radius 2 is 2.03 bits per heavy atom. The van der Waals surface area contributed by atoms with Crippen LogP contribution in [0.4, 0.5) is 5.69 Å². The van der Waals surface area contributed by atoms with Crippen molar-refractivity contribution in [3.05, 3.63) is 48.2 Å². The van der Waals surface area contributed by atoms with Crippen LogP contribution < -0.4 is 5.32 Å². The number of nitrogens with one attached hydrogen (secondary N) is 1. The topological polar surface area (TPSA) is 110 Å². The molecule has 0 aliphatic heterocycles. The Bertz CT molecular complexity index is 1060. The maximum Gasteiger partial charge on any atom is 0.274 e. The maximum absolute atomic E-state index is 12.6. The number of aliphatic hydroxyl groups is 1. The lowest BCUT2D eigenvalue weighted by Crippen LogP contribution is -2.21. The van der Waals surface area contributed by atoms with Crippen LogP contribution in [0.1, 0.15) is 61.6 Å². The monoisotopic (exact) mass is 407 g/mol. The van der Waals surface area contributed by atoms with Gasteiger partial charge in [0.05, 0.1) is 17.2 Å². The van der Waals surface area contributed by atoms with Crippen LogP contribution in [0, 0.1) is 5.92 Å². The molecule has 0 radical (unpaired) electrons. The Morgan fingerprint density at radius 3 is 2.67 bits per heavy atom. The van der Waals surface area contributed by atoms with Gasteiger partial charge in [0.1, 0.15) is 18.3 Å². The first-order valence-corrected chi connectivity index (χ1v) is 10.1. The molecular weight excluding hydrogens is 382 g/mol. The number of aromatic nitrogens is 4. The van der Waals surface area contributed by atoms with Crippen LogP contribution in [-0.4, -0.2) is 37.0 Å². The highest BCUT2D eigenvalue weighted by atomic mass is 16.3. The number of fused-ring (bicyclic) bond motifs is 1. The lowest BCUT2D eigenvalue weighted by molar-refractivity contribution is -0.112. The largest absolute Gasteiger partial charge is 0.386 e. The zero-order chi connectivity index (χ0) is 21.3. The first-order chi connectivity index (χ1) is 14.3. The second-order valence-electron chi connectivity index (χ2n) is 8.38. The molecule has 0 atom stereocenters. The van der Waals surface area contributed by atoms with Gasteiger partial charge in [-0.05, 0) is 57.7 Å². The average Bonchev–Trinajstić information content (AvgIpc) is 3.16. The zero-order valence-electron chi connectivity index (χ0n) is 17.1. The van der Waals surface area contributed by atoms with Gasteiger partial charge in [0.15, 0.2) is 0 Å². The Balaban J connectivity index is 1.67. The highest BCUT2D eigenvalue weighted by Gasteiger charge is 2.26. The van der Waals surface area contributed by atoms with Crippen LogP contribution in [0.25, 0.3) is 10.9 Å². The van der Waals surface area contributed by atoms with Gasteiger partial charge in [0.2, 0.25) is 0 Å². The minimum absolute atomic E-state index is 0.150. The predicted octanol–water partition coefficient (Wildman–Crippen LogP) is 3.24. The van der Waals surface area contributed by atoms with Crippen LogP contribution in [0.3, 0.4) is 0 Å². The summed E-state index contributed by atoms with van der Waals surface area (Å²) >= 11 is 0. The molecule has 156 valence electrons. The van der Waals surface area contributed by atoms with E-state index in [1.54, 1.807) is 13.8 Å². The summed E-state index contributed by atoms with van der Waals surface area (Å²) in [6.45, 7) is 3.35. The molecule has 8 nitrogen and oxygen atoms in total. The molecule has 4 rings (SSSR count). The number of nitrogens with zero attached hydrogens (tertiary/aromatic N) is 4. The van der Waals surface area contributed by atoms with E-state index in [1.807, 2.05) is 23.0 Å². The van der Waals surface area contributed by atoms with Crippen LogP contribution >= 0.6 is 0 Å². The molecular formula is C22H25N5O3. The molecule has 3 aromatic rings. The first kappa shape index (κ1) is 20.2. The molecule has 1 amide bonds. The van der Waals surface area contributed by atoms with Gasteiger partial charge in [0, 0.05) is 34.9 Å². The fourth-order valence-corrected chi connectivity index (χ4v) is 4.00. The fraction of sp³-hybridized carbons (Fsp3) is 0.409. The third kappa shape index (κ3) is 4.09. The molecule has 0 saturated heterocycles. The molecule has 2 aromatic heterocycles. The normalized spacial score (nSPS) is 19.6. The van der Waals surface area contributed by atoms with Gasteiger partial charge in [-0.3, -0.25) is 9.48 Å². The van der Waals surface area contributed by atoms with E-state index in [2.05, 4.69) is 15.3 Å². The Hall–Kier alpha value is -3.13. The van der Waals surface area contributed by atoms with E-state index in [0.29, 0.717) is 11.3 Å². The van der Waals surface area contributed by atoms with Gasteiger partial charge in [-0.15, -0.1) is 0 Å². The van der Waals surface area contributed by atoms with Gasteiger partial charge in [-0.2, -0.15) is 5.10 Å². The Morgan fingerprint density at radius 1 is 1.27 bits per heavy atom. The van der Waals surface area contributed by atoms with E-state index in [9.17, 15) is 14.7 Å². The summed E-state index contributed by atoms with van der Waals surface area (Å²) in [5.41, 5.74) is 0.920. The highest BCUT2D eigenvalue weighted by molar-refractivity contribution is 6.04. The molecule has 0 bridgehead atoms. The molecule has 8 heteroatoms. The van der Waals surface area contributed by atoms with Gasteiger partial charge in [-0.25, -0.2) is 9.97 Å². The lowest BCUT2D eigenvalue weighted by Gasteiger charge is -2.25. The van der Waals surface area contributed by atoms with Crippen LogP contribution in [0.5, 0.6) is 0 Å². The van der Waals surface area contributed by atoms with Crippen LogP contribution in [0.15, 0.2) is 36.9 Å². The zero-order valence-corrected chi connectivity index (χ0v) is 17.1. The lowest BCUT2D eigenvalue weighted by atomic mass is 9.87. The number of aldehydes is 1. The van der Waals surface area contributed by atoms with Crippen LogP contribution in [-0.2, 0) is 10.4 Å². The third-order valence-electron chi connectivity index (χ3n) is 5.69. The molecule has 1 aliphatic carbocycles. The van der Waals surface area contributed by atoms with Gasteiger partial charge >= 0.3 is 0 Å². The average molecular weight is 407 g/mol. The van der Waals surface area contributed by atoms with Crippen molar-refractivity contribution in [2.75, 3.05) is 5.32 Å². The summed E-state index contributed by atoms with van der Waals surface area (Å²) in [6.07, 6.45) is 9.41. The number of rotatable bonds is 5. The van der Waals surface area contributed by atoms with Crippen molar-refractivity contribution in [1.82, 2.24) is 19.7 Å². The van der Waals surface area contributed by atoms with Crippen molar-refractivity contribution in [2.24, 2.45) is 5.92 Å². The van der Waals surface area contributed by atoms with E-state index in [4.69, 9.17) is 5.10 Å². The van der Waals surface area contributed by atoms with Crippen LogP contribution in [0.2, 0.25) is 0 Å². The van der Waals surface area contributed by atoms with Crippen molar-refractivity contribution >= 4 is 28.8 Å². The van der Waals surface area contributed by atoms with Crippen molar-refractivity contribution < 1.29 is 14.7 Å². The van der Waals surface area contributed by atoms with Crippen molar-refractivity contribution in [3.63, 3.8) is 0 Å². The Labute approximate surface area is 174 Å². The number of carbonyl (C=O) groups is 2. The Kier molecular flexibility index (Phi) is 5.34. The predicted molar refractivity (Wildman–Crippen MR) is 112 cm³/mol. The molecule has 1 aromatic carbocycles. The molecule has 0 spiro atoms. The van der Waals surface area contributed by atoms with E-state index in [0.717, 1.165) is 42.9 Å². The van der Waals surface area contributed by atoms with E-state index >= 15 is 0 Å². The third-order valence-corrected chi connectivity index (χ3v) is 5.69. The summed E-state index contributed by atoms with van der Waals surface area (Å²) < 4.78 is 1.95. The highest BCUT2D eigenvalue weighted by Crippen LogP contribution is 2.35. The van der Waals surface area contributed by atoms with Gasteiger partial charge in [0.25, 0.3) is 5.91 Å². The van der Waals surface area contributed by atoms with E-state index < -0.39 is 5.60 Å². The molecule has 2 heterocycles. The summed E-state index contributed by atoms with van der Waals surface area (Å²) in [6, 6.07) is 5.43. The standard InChI is InChI=1S/C22H25N5O3/c1-22(2,30)17-10-19-15(9-20(17)25-21(29)18-7-8-23-13-24-18)11-27(26-19)16-5-3-14(12-28)4-6-16/h7-14,16,30H,3-6H2,1-2H3,(H,25,29). The number of carbonyl (C=O) groups excluding carboxylic acids is 2. The smallest absolute Gasteiger partial charge is 0.274 e. The fourth-order valence-electron chi connectivity index (χ4n) is 4.00. The number of hydrogen-bond donors (Lipinski definition) is 2. The summed E-state index contributed by atoms with van der Waals surface area (Å²) in [7, 11) is 0. The van der Waals surface area contributed by atoms with Crippen molar-refractivity contribution in [3.8, 4) is 0 Å². The summed E-state index contributed by atoms with van der Waals surface area (Å²) in [5, 5.41) is 19.1. The minimum Gasteiger partial charge on any atom is -0.386 e. The van der Waals surface area contributed by atoms with Crippen molar-refractivity contribution in [2.45, 2.75) is 51.2 Å². The van der Waals surface area contributed by atoms with Gasteiger partial charge < -0.3 is 15.2 Å². The molecule has 30 heavy (non-hydrogen) atoms. The van der Waals surface area contributed by atoms with Gasteiger partial charge in [-0.1, -0.05) is 0 Å². The summed E-state index contributed by atoms with van der Waals surface area (Å²) in [5.74, 6) is -0.224. The number of hydrogen-bond acceptors (Lipinski definition) is 6. The second-order valence-corrected chi connectivity index (χ2v) is 8.38. The molecule has 1 fully saturated rings.